The Kier molecular flexibility index (Phi) is 29.9. The van der Waals surface area contributed by atoms with E-state index in [1.807, 2.05) is 83.9 Å². The highest BCUT2D eigenvalue weighted by atomic mass is 33.1. The van der Waals surface area contributed by atoms with Gasteiger partial charge in [-0.15, -0.1) is 11.8 Å². The summed E-state index contributed by atoms with van der Waals surface area (Å²) in [6.07, 6.45) is 10.4. The van der Waals surface area contributed by atoms with Crippen LogP contribution in [0.2, 0.25) is 0 Å². The summed E-state index contributed by atoms with van der Waals surface area (Å²) in [6.45, 7) is 22.0. The van der Waals surface area contributed by atoms with Crippen molar-refractivity contribution in [3.8, 4) is 11.8 Å². The average molecular weight is 611 g/mol. The van der Waals surface area contributed by atoms with Crippen molar-refractivity contribution in [2.75, 3.05) is 12.3 Å². The van der Waals surface area contributed by atoms with Crippen LogP contribution in [0.4, 0.5) is 0 Å². The molecule has 8 heteroatoms. The third kappa shape index (κ3) is 26.7. The molecule has 0 radical (unpaired) electrons. The highest BCUT2D eigenvalue weighted by molar-refractivity contribution is 8.77. The first-order valence-electron chi connectivity index (χ1n) is 15.0. The van der Waals surface area contributed by atoms with Crippen LogP contribution >= 0.6 is 21.6 Å². The van der Waals surface area contributed by atoms with E-state index in [9.17, 15) is 14.4 Å². The molecule has 1 aliphatic heterocycles. The van der Waals surface area contributed by atoms with E-state index in [1.54, 1.807) is 25.3 Å². The fourth-order valence-electron chi connectivity index (χ4n) is 2.99. The lowest BCUT2D eigenvalue weighted by atomic mass is 9.99. The molecule has 0 bridgehead atoms. The highest BCUT2D eigenvalue weighted by Gasteiger charge is 2.29. The van der Waals surface area contributed by atoms with Gasteiger partial charge in [0.15, 0.2) is 0 Å². The Hall–Kier alpha value is -1.98. The molecule has 2 heterocycles. The van der Waals surface area contributed by atoms with Crippen molar-refractivity contribution >= 4 is 39.2 Å². The summed E-state index contributed by atoms with van der Waals surface area (Å²) in [4.78, 5) is 37.6. The standard InChI is InChI=1S/C14H26O2S2.C11H14N2O2.C4H6.2C2H6/c1-5-13(2,3)16-12(15)8-6-7-9-14(4)10-11-17-18-14;1-9(14)4-2-7-13-11(15)10-5-3-6-12-8-10;1-3-4-2;2*1-2/h5-11H2,1-4H3;3,5-6,8H,2,4,7H2,1H3,(H,13,15);1-2H3;2*1-2H3/t14-;;;;/m1..../s1. The smallest absolute Gasteiger partial charge is 0.306 e. The molecule has 1 amide bonds. The molecule has 1 fully saturated rings. The number of pyridine rings is 1. The van der Waals surface area contributed by atoms with Crippen molar-refractivity contribution < 1.29 is 19.1 Å². The number of carbonyl (C=O) groups is 3. The van der Waals surface area contributed by atoms with E-state index in [1.165, 1.54) is 24.8 Å². The van der Waals surface area contributed by atoms with Gasteiger partial charge in [-0.2, -0.15) is 0 Å². The fourth-order valence-corrected chi connectivity index (χ4v) is 6.29. The second-order valence-corrected chi connectivity index (χ2v) is 12.7. The van der Waals surface area contributed by atoms with Gasteiger partial charge in [0, 0.05) is 42.3 Å². The minimum absolute atomic E-state index is 0.0412. The lowest BCUT2D eigenvalue weighted by Crippen LogP contribution is -2.26. The van der Waals surface area contributed by atoms with Crippen molar-refractivity contribution in [3.05, 3.63) is 30.1 Å². The first-order chi connectivity index (χ1) is 19.5. The van der Waals surface area contributed by atoms with Gasteiger partial charge in [0.25, 0.3) is 5.91 Å². The number of ether oxygens (including phenoxy) is 1. The van der Waals surface area contributed by atoms with Gasteiger partial charge in [-0.25, -0.2) is 0 Å². The van der Waals surface area contributed by atoms with Crippen molar-refractivity contribution in [3.63, 3.8) is 0 Å². The molecule has 0 saturated carbocycles. The predicted molar refractivity (Wildman–Crippen MR) is 180 cm³/mol. The summed E-state index contributed by atoms with van der Waals surface area (Å²) in [7, 11) is 4.00. The summed E-state index contributed by atoms with van der Waals surface area (Å²) >= 11 is 0. The minimum Gasteiger partial charge on any atom is -0.460 e. The van der Waals surface area contributed by atoms with Gasteiger partial charge < -0.3 is 14.8 Å². The molecule has 1 aromatic rings. The summed E-state index contributed by atoms with van der Waals surface area (Å²) in [5, 5.41) is 2.72. The van der Waals surface area contributed by atoms with Gasteiger partial charge in [0.2, 0.25) is 0 Å². The first-order valence-corrected chi connectivity index (χ1v) is 17.3. The van der Waals surface area contributed by atoms with Crippen LogP contribution in [-0.4, -0.2) is 45.3 Å². The molecule has 1 saturated heterocycles. The Bertz CT molecular complexity index is 853. The minimum atomic E-state index is -0.305. The molecular weight excluding hydrogens is 553 g/mol. The maximum Gasteiger partial charge on any atom is 0.306 e. The second kappa shape index (κ2) is 28.2. The number of Topliss-reactive ketones (excluding diaryl/α,β-unsaturated/α-hetero) is 1. The Morgan fingerprint density at radius 1 is 1.07 bits per heavy atom. The third-order valence-electron chi connectivity index (χ3n) is 5.72. The number of aromatic nitrogens is 1. The van der Waals surface area contributed by atoms with Crippen LogP contribution in [0.25, 0.3) is 0 Å². The molecule has 6 nitrogen and oxygen atoms in total. The Morgan fingerprint density at radius 2 is 1.71 bits per heavy atom. The number of rotatable bonds is 12. The van der Waals surface area contributed by atoms with Crippen molar-refractivity contribution in [2.45, 2.75) is 138 Å². The number of hydrogen-bond donors (Lipinski definition) is 1. The summed E-state index contributed by atoms with van der Waals surface area (Å²) < 4.78 is 5.88. The van der Waals surface area contributed by atoms with Crippen molar-refractivity contribution in [2.24, 2.45) is 0 Å². The maximum atomic E-state index is 11.7. The summed E-state index contributed by atoms with van der Waals surface area (Å²) in [5.74, 6) is 6.59. The van der Waals surface area contributed by atoms with Crippen LogP contribution in [0.3, 0.4) is 0 Å². The normalized spacial score (nSPS) is 14.8. The van der Waals surface area contributed by atoms with Gasteiger partial charge >= 0.3 is 5.97 Å². The molecule has 0 aliphatic carbocycles. The van der Waals surface area contributed by atoms with Gasteiger partial charge in [0.1, 0.15) is 11.4 Å². The van der Waals surface area contributed by atoms with Crippen molar-refractivity contribution in [1.29, 1.82) is 0 Å². The van der Waals surface area contributed by atoms with Crippen LogP contribution in [0, 0.1) is 11.8 Å². The zero-order chi connectivity index (χ0) is 32.2. The molecule has 0 spiro atoms. The lowest BCUT2D eigenvalue weighted by molar-refractivity contribution is -0.156. The van der Waals surface area contributed by atoms with Crippen LogP contribution < -0.4 is 5.32 Å². The number of unbranched alkanes of at least 4 members (excludes halogenated alkanes) is 1. The van der Waals surface area contributed by atoms with E-state index in [4.69, 9.17) is 4.74 Å². The van der Waals surface area contributed by atoms with E-state index in [0.29, 0.717) is 36.1 Å². The number of hydrogen-bond acceptors (Lipinski definition) is 7. The summed E-state index contributed by atoms with van der Waals surface area (Å²) in [5.41, 5.74) is 0.237. The third-order valence-corrected chi connectivity index (χ3v) is 9.08. The van der Waals surface area contributed by atoms with Crippen LogP contribution in [-0.2, 0) is 14.3 Å². The zero-order valence-electron chi connectivity index (χ0n) is 27.8. The molecule has 1 aliphatic rings. The maximum absolute atomic E-state index is 11.7. The largest absolute Gasteiger partial charge is 0.460 e. The number of carbonyl (C=O) groups excluding carboxylic acids is 3. The molecule has 2 rings (SSSR count). The number of nitrogens with one attached hydrogen (secondary N) is 1. The molecular formula is C33H58N2O4S2. The lowest BCUT2D eigenvalue weighted by Gasteiger charge is -2.24. The SMILES string of the molecule is CC.CC.CC#CC.CC(=O)CCCNC(=O)c1cccnc1.CCC(C)(C)OC(=O)CCCC[C@]1(C)CCSS1. The quantitative estimate of drug-likeness (QED) is 0.109. The van der Waals surface area contributed by atoms with Crippen molar-refractivity contribution in [1.82, 2.24) is 10.3 Å². The Balaban J connectivity index is -0.000000567. The van der Waals surface area contributed by atoms with Gasteiger partial charge in [-0.1, -0.05) is 62.6 Å². The zero-order valence-corrected chi connectivity index (χ0v) is 29.4. The molecule has 41 heavy (non-hydrogen) atoms. The van der Waals surface area contributed by atoms with Gasteiger partial charge in [-0.05, 0) is 85.8 Å². The molecule has 0 unspecified atom stereocenters. The monoisotopic (exact) mass is 610 g/mol. The van der Waals surface area contributed by atoms with E-state index < -0.39 is 0 Å². The molecule has 1 aromatic heterocycles. The van der Waals surface area contributed by atoms with E-state index in [2.05, 4.69) is 29.1 Å². The van der Waals surface area contributed by atoms with Crippen LogP contribution in [0.1, 0.15) is 138 Å². The predicted octanol–water partition coefficient (Wildman–Crippen LogP) is 9.09. The number of amides is 1. The fraction of sp³-hybridized carbons (Fsp3) is 0.697. The number of esters is 1. The molecule has 0 aromatic carbocycles. The average Bonchev–Trinajstić information content (AvgIpc) is 3.42. The first kappa shape index (κ1) is 43.5. The second-order valence-electron chi connectivity index (χ2n) is 9.70. The molecule has 1 N–H and O–H groups in total. The molecule has 236 valence electrons. The van der Waals surface area contributed by atoms with Gasteiger partial charge in [0.05, 0.1) is 5.56 Å². The van der Waals surface area contributed by atoms with Crippen LogP contribution in [0.5, 0.6) is 0 Å². The highest BCUT2D eigenvalue weighted by Crippen LogP contribution is 2.49. The van der Waals surface area contributed by atoms with E-state index >= 15 is 0 Å². The number of nitrogens with zero attached hydrogens (tertiary/aromatic N) is 1. The van der Waals surface area contributed by atoms with Gasteiger partial charge in [-0.3, -0.25) is 14.6 Å². The topological polar surface area (TPSA) is 85.4 Å². The Morgan fingerprint density at radius 3 is 2.17 bits per heavy atom. The number of ketones is 1. The Labute approximate surface area is 260 Å². The van der Waals surface area contributed by atoms with Crippen LogP contribution in [0.15, 0.2) is 24.5 Å². The van der Waals surface area contributed by atoms with E-state index in [0.717, 1.165) is 19.3 Å². The van der Waals surface area contributed by atoms with E-state index in [-0.39, 0.29) is 23.3 Å². The molecule has 1 atom stereocenters. The summed E-state index contributed by atoms with van der Waals surface area (Å²) in [6, 6.07) is 3.41.